The minimum Gasteiger partial charge on any atom is -0.493 e. The molecule has 5 rings (SSSR count). The normalized spacial score (nSPS) is 13.3. The van der Waals surface area contributed by atoms with Crippen molar-refractivity contribution in [1.82, 2.24) is 9.55 Å². The quantitative estimate of drug-likeness (QED) is 0.344. The lowest BCUT2D eigenvalue weighted by atomic mass is 10.1. The Morgan fingerprint density at radius 3 is 2.61 bits per heavy atom. The van der Waals surface area contributed by atoms with Crippen LogP contribution in [0.1, 0.15) is 35.4 Å². The molecule has 1 heterocycles. The molecule has 1 aromatic heterocycles. The van der Waals surface area contributed by atoms with Crippen LogP contribution in [0.4, 0.5) is 0 Å². The number of nitrogens with zero attached hydrogens (tertiary/aromatic N) is 3. The highest BCUT2D eigenvalue weighted by molar-refractivity contribution is 5.81. The van der Waals surface area contributed by atoms with E-state index in [0.29, 0.717) is 18.0 Å². The van der Waals surface area contributed by atoms with E-state index < -0.39 is 0 Å². The number of hydrogen-bond acceptors (Lipinski definition) is 4. The van der Waals surface area contributed by atoms with Gasteiger partial charge in [-0.3, -0.25) is 0 Å². The molecule has 0 aliphatic heterocycles. The third kappa shape index (κ3) is 4.61. The van der Waals surface area contributed by atoms with E-state index in [4.69, 9.17) is 19.7 Å². The number of ether oxygens (including phenoxy) is 2. The Hall–Kier alpha value is -4.04. The van der Waals surface area contributed by atoms with Crippen molar-refractivity contribution in [3.8, 4) is 17.6 Å². The Morgan fingerprint density at radius 1 is 1.03 bits per heavy atom. The van der Waals surface area contributed by atoms with Crippen LogP contribution in [0.15, 0.2) is 66.7 Å². The summed E-state index contributed by atoms with van der Waals surface area (Å²) in [4.78, 5) is 4.87. The van der Waals surface area contributed by atoms with Crippen LogP contribution in [0, 0.1) is 17.2 Å². The van der Waals surface area contributed by atoms with E-state index in [0.717, 1.165) is 46.1 Å². The lowest BCUT2D eigenvalue weighted by Gasteiger charge is -2.13. The van der Waals surface area contributed by atoms with Gasteiger partial charge in [-0.05, 0) is 66.8 Å². The molecule has 1 aliphatic carbocycles. The first kappa shape index (κ1) is 20.8. The molecule has 0 N–H and O–H groups in total. The number of aromatic nitrogens is 2. The fraction of sp³-hybridized carbons (Fsp3) is 0.214. The Labute approximate surface area is 193 Å². The summed E-state index contributed by atoms with van der Waals surface area (Å²) in [6.07, 6.45) is 6.54. The third-order valence-electron chi connectivity index (χ3n) is 5.91. The summed E-state index contributed by atoms with van der Waals surface area (Å²) in [6.45, 7) is 1.38. The van der Waals surface area contributed by atoms with Crippen LogP contribution in [0.25, 0.3) is 23.2 Å². The van der Waals surface area contributed by atoms with Gasteiger partial charge in [-0.25, -0.2) is 4.98 Å². The molecule has 164 valence electrons. The zero-order valence-corrected chi connectivity index (χ0v) is 18.6. The third-order valence-corrected chi connectivity index (χ3v) is 5.91. The molecule has 0 saturated heterocycles. The van der Waals surface area contributed by atoms with Crippen LogP contribution in [0.3, 0.4) is 0 Å². The van der Waals surface area contributed by atoms with Gasteiger partial charge >= 0.3 is 0 Å². The van der Waals surface area contributed by atoms with E-state index in [1.54, 1.807) is 7.11 Å². The monoisotopic (exact) mass is 435 g/mol. The molecule has 1 fully saturated rings. The largest absolute Gasteiger partial charge is 0.493 e. The minimum atomic E-state index is 0.656. The number of imidazole rings is 1. The van der Waals surface area contributed by atoms with E-state index in [2.05, 4.69) is 16.7 Å². The maximum atomic E-state index is 9.09. The zero-order chi connectivity index (χ0) is 22.6. The molecule has 5 nitrogen and oxygen atoms in total. The number of nitriles is 1. The van der Waals surface area contributed by atoms with Gasteiger partial charge in [0.25, 0.3) is 0 Å². The average molecular weight is 436 g/mol. The van der Waals surface area contributed by atoms with Gasteiger partial charge in [0.2, 0.25) is 0 Å². The highest BCUT2D eigenvalue weighted by Crippen LogP contribution is 2.36. The van der Waals surface area contributed by atoms with Crippen molar-refractivity contribution in [2.24, 2.45) is 5.92 Å². The second-order valence-electron chi connectivity index (χ2n) is 8.32. The summed E-state index contributed by atoms with van der Waals surface area (Å²) in [7, 11) is 1.67. The maximum Gasteiger partial charge on any atom is 0.168 e. The number of para-hydroxylation sites is 3. The molecule has 0 spiro atoms. The second kappa shape index (κ2) is 9.22. The molecule has 4 aromatic rings. The first-order chi connectivity index (χ1) is 16.2. The van der Waals surface area contributed by atoms with Gasteiger partial charge < -0.3 is 14.0 Å². The number of fused-ring (bicyclic) bond motifs is 1. The standard InChI is InChI=1S/C28H25N3O2/c1-32-26-8-4-5-23(28(26)33-19-22-13-14-22)15-16-27-30-24-6-2-3-7-25(24)31(27)18-21-11-9-20(17-29)10-12-21/h2-12,15-16,22H,13-14,18-19H2,1H3/b16-15+. The van der Waals surface area contributed by atoms with Gasteiger partial charge in [0.1, 0.15) is 5.82 Å². The van der Waals surface area contributed by atoms with Crippen LogP contribution in [0.2, 0.25) is 0 Å². The molecular weight excluding hydrogens is 410 g/mol. The summed E-state index contributed by atoms with van der Waals surface area (Å²) in [5.74, 6) is 3.03. The Morgan fingerprint density at radius 2 is 1.85 bits per heavy atom. The molecule has 0 bridgehead atoms. The number of methoxy groups -OCH3 is 1. The molecule has 5 heteroatoms. The van der Waals surface area contributed by atoms with Crippen LogP contribution < -0.4 is 9.47 Å². The van der Waals surface area contributed by atoms with E-state index in [1.807, 2.05) is 72.8 Å². The van der Waals surface area contributed by atoms with Gasteiger partial charge in [-0.2, -0.15) is 5.26 Å². The maximum absolute atomic E-state index is 9.09. The molecule has 1 saturated carbocycles. The molecule has 0 unspecified atom stereocenters. The van der Waals surface area contributed by atoms with Crippen molar-refractivity contribution in [2.45, 2.75) is 19.4 Å². The van der Waals surface area contributed by atoms with Crippen molar-refractivity contribution in [2.75, 3.05) is 13.7 Å². The summed E-state index contributed by atoms with van der Waals surface area (Å²) in [6, 6.07) is 23.9. The van der Waals surface area contributed by atoms with E-state index in [1.165, 1.54) is 12.8 Å². The van der Waals surface area contributed by atoms with Crippen LogP contribution >= 0.6 is 0 Å². The lowest BCUT2D eigenvalue weighted by Crippen LogP contribution is -2.03. The van der Waals surface area contributed by atoms with Crippen LogP contribution in [-0.2, 0) is 6.54 Å². The van der Waals surface area contributed by atoms with Gasteiger partial charge in [0.15, 0.2) is 11.5 Å². The Kier molecular flexibility index (Phi) is 5.82. The summed E-state index contributed by atoms with van der Waals surface area (Å²) < 4.78 is 13.9. The highest BCUT2D eigenvalue weighted by Gasteiger charge is 2.23. The molecule has 0 atom stereocenters. The first-order valence-electron chi connectivity index (χ1n) is 11.2. The van der Waals surface area contributed by atoms with Gasteiger partial charge in [-0.1, -0.05) is 36.4 Å². The number of benzene rings is 3. The highest BCUT2D eigenvalue weighted by atomic mass is 16.5. The Bertz CT molecular complexity index is 1340. The topological polar surface area (TPSA) is 60.1 Å². The lowest BCUT2D eigenvalue weighted by molar-refractivity contribution is 0.280. The summed E-state index contributed by atoms with van der Waals surface area (Å²) >= 11 is 0. The van der Waals surface area contributed by atoms with Gasteiger partial charge in [0, 0.05) is 12.1 Å². The Balaban J connectivity index is 1.50. The molecule has 0 radical (unpaired) electrons. The average Bonchev–Trinajstić information content (AvgIpc) is 3.63. The number of hydrogen-bond donors (Lipinski definition) is 0. The van der Waals surface area contributed by atoms with E-state index in [-0.39, 0.29) is 0 Å². The fourth-order valence-electron chi connectivity index (χ4n) is 3.88. The van der Waals surface area contributed by atoms with Gasteiger partial charge in [-0.15, -0.1) is 0 Å². The van der Waals surface area contributed by atoms with Crippen LogP contribution in [-0.4, -0.2) is 23.3 Å². The van der Waals surface area contributed by atoms with E-state index in [9.17, 15) is 0 Å². The summed E-state index contributed by atoms with van der Waals surface area (Å²) in [5.41, 5.74) is 4.75. The minimum absolute atomic E-state index is 0.656. The zero-order valence-electron chi connectivity index (χ0n) is 18.6. The number of rotatable bonds is 8. The van der Waals surface area contributed by atoms with Crippen molar-refractivity contribution in [3.05, 3.63) is 89.2 Å². The van der Waals surface area contributed by atoms with Crippen LogP contribution in [0.5, 0.6) is 11.5 Å². The second-order valence-corrected chi connectivity index (χ2v) is 8.32. The SMILES string of the molecule is COc1cccc(/C=C/c2nc3ccccc3n2Cc2ccc(C#N)cc2)c1OCC1CC1. The van der Waals surface area contributed by atoms with Crippen molar-refractivity contribution in [1.29, 1.82) is 5.26 Å². The predicted octanol–water partition coefficient (Wildman–Crippen LogP) is 5.92. The summed E-state index contributed by atoms with van der Waals surface area (Å²) in [5, 5.41) is 9.09. The van der Waals surface area contributed by atoms with E-state index >= 15 is 0 Å². The van der Waals surface area contributed by atoms with Gasteiger partial charge in [0.05, 0.1) is 36.4 Å². The molecule has 3 aromatic carbocycles. The smallest absolute Gasteiger partial charge is 0.168 e. The van der Waals surface area contributed by atoms with Crippen molar-refractivity contribution in [3.63, 3.8) is 0 Å². The molecule has 0 amide bonds. The predicted molar refractivity (Wildman–Crippen MR) is 130 cm³/mol. The van der Waals surface area contributed by atoms with Crippen molar-refractivity contribution >= 4 is 23.2 Å². The molecule has 33 heavy (non-hydrogen) atoms. The fourth-order valence-corrected chi connectivity index (χ4v) is 3.88. The molecule has 1 aliphatic rings. The molecular formula is C28H25N3O2. The first-order valence-corrected chi connectivity index (χ1v) is 11.2. The van der Waals surface area contributed by atoms with Crippen molar-refractivity contribution < 1.29 is 9.47 Å².